The van der Waals surface area contributed by atoms with Gasteiger partial charge in [-0.2, -0.15) is 0 Å². The smallest absolute Gasteiger partial charge is 0.907 e. The quantitative estimate of drug-likeness (QED) is 0.403. The van der Waals surface area contributed by atoms with Gasteiger partial charge in [0.05, 0.1) is 0 Å². The molecule has 6 nitrogen and oxygen atoms in total. The van der Waals surface area contributed by atoms with Gasteiger partial charge in [-0.15, -0.1) is 0 Å². The molecule has 0 spiro atoms. The van der Waals surface area contributed by atoms with Gasteiger partial charge in [-0.05, 0) is 0 Å². The maximum Gasteiger partial charge on any atom is 3.00 e. The first-order chi connectivity index (χ1) is 3.46. The predicted molar refractivity (Wildman–Crippen MR) is 11.5 cm³/mol. The molecule has 0 atom stereocenters. The van der Waals surface area contributed by atoms with E-state index in [9.17, 15) is 0 Å². The second-order valence-corrected chi connectivity index (χ2v) is 0.577. The summed E-state index contributed by atoms with van der Waals surface area (Å²) in [6.07, 6.45) is 0. The normalized spacial score (nSPS) is 4.50. The molecule has 0 bridgehead atoms. The van der Waals surface area contributed by atoms with Crippen LogP contribution in [0.5, 0.6) is 0 Å². The molecule has 0 aliphatic carbocycles. The number of hydrogen-bond donors (Lipinski definition) is 0. The summed E-state index contributed by atoms with van der Waals surface area (Å²) < 4.78 is 0. The first-order valence-electron chi connectivity index (χ1n) is 1.41. The van der Waals surface area contributed by atoms with Crippen molar-refractivity contribution in [2.75, 3.05) is 0 Å². The zero-order chi connectivity index (χ0) is 7.15. The van der Waals surface area contributed by atoms with E-state index in [0.717, 1.165) is 0 Å². The van der Waals surface area contributed by atoms with Crippen LogP contribution in [0.2, 0.25) is 0 Å². The van der Waals surface area contributed by atoms with E-state index in [4.69, 9.17) is 30.1 Å². The van der Waals surface area contributed by atoms with Crippen LogP contribution in [0.1, 0.15) is 0 Å². The van der Waals surface area contributed by atoms with Gasteiger partial charge in [0.1, 0.15) is 0 Å². The van der Waals surface area contributed by atoms with Crippen LogP contribution in [0.3, 0.4) is 0 Å². The first-order valence-corrected chi connectivity index (χ1v) is 1.41. The summed E-state index contributed by atoms with van der Waals surface area (Å²) in [6.45, 7) is 0. The average molecular weight is 279 g/mol. The number of hydrogen-bond acceptors (Lipinski definition) is 6. The van der Waals surface area contributed by atoms with E-state index in [2.05, 4.69) is 0 Å². The van der Waals surface area contributed by atoms with Crippen molar-refractivity contribution in [2.45, 2.75) is 0 Å². The molecule has 0 fully saturated rings. The largest absolute Gasteiger partial charge is 3.00 e. The van der Waals surface area contributed by atoms with Crippen LogP contribution in [0, 0.1) is 41.7 Å². The zero-order valence-corrected chi connectivity index (χ0v) is 10.2. The van der Waals surface area contributed by atoms with Crippen molar-refractivity contribution < 1.29 is 128 Å². The third-order valence-electron chi connectivity index (χ3n) is 0. The Hall–Kier alpha value is 3.06. The molecule has 1 radical (unpaired) electrons. The summed E-state index contributed by atoms with van der Waals surface area (Å²) in [7, 11) is -5.83. The van der Waals surface area contributed by atoms with Gasteiger partial charge >= 0.3 is 98.3 Å². The molecule has 0 aromatic carbocycles. The summed E-state index contributed by atoms with van der Waals surface area (Å²) in [4.78, 5) is 0. The van der Waals surface area contributed by atoms with E-state index in [-0.39, 0.29) is 98.3 Å². The molecular weight excluding hydrogens is 279 g/mol. The Morgan fingerprint density at radius 1 is 0.500 bits per heavy atom. The van der Waals surface area contributed by atoms with E-state index in [1.807, 2.05) is 0 Å². The fourth-order valence-corrected chi connectivity index (χ4v) is 0. The Bertz CT molecular complexity index is 36.3. The van der Waals surface area contributed by atoms with Crippen molar-refractivity contribution in [3.8, 4) is 0 Å². The molecule has 0 aromatic rings. The molecule has 12 heavy (non-hydrogen) atoms. The third kappa shape index (κ3) is 203. The van der Waals surface area contributed by atoms with Crippen molar-refractivity contribution in [3.63, 3.8) is 0 Å². The van der Waals surface area contributed by atoms with Gasteiger partial charge in [0.2, 0.25) is 0 Å². The van der Waals surface area contributed by atoms with E-state index < -0.39 is 14.6 Å². The number of rotatable bonds is 0. The first kappa shape index (κ1) is 36.3. The van der Waals surface area contributed by atoms with Crippen molar-refractivity contribution in [1.82, 2.24) is 0 Å². The predicted octanol–water partition coefficient (Wildman–Crippen LogP) is -16.9. The van der Waals surface area contributed by atoms with E-state index in [0.29, 0.717) is 0 Å². The van der Waals surface area contributed by atoms with E-state index in [1.165, 1.54) is 0 Å². The Kier molecular flexibility index (Phi) is 88.3. The molecule has 49 valence electrons. The minimum absolute atomic E-state index is 0. The summed E-state index contributed by atoms with van der Waals surface area (Å²) in [5.74, 6) is 0. The standard InChI is InChI=1S/2BO3.Ce.3Li/c2*2-1(3)4;;;;/q2*-3;+3;3*+1. The molecule has 0 aliphatic rings. The molecule has 0 saturated heterocycles. The summed E-state index contributed by atoms with van der Waals surface area (Å²) in [6, 6.07) is 0. The SMILES string of the molecule is [Ce+3].[Li+].[Li+].[Li+].[O-]B([O-])[O-].[O-]B([O-])[O-]. The molecule has 0 amide bonds. The van der Waals surface area contributed by atoms with Crippen LogP contribution in [0.15, 0.2) is 0 Å². The molecule has 0 rings (SSSR count). The Balaban J connectivity index is -0.0000000112. The molecule has 0 aliphatic heterocycles. The van der Waals surface area contributed by atoms with Gasteiger partial charge in [0, 0.05) is 0 Å². The molecule has 0 N–H and O–H groups in total. The van der Waals surface area contributed by atoms with E-state index >= 15 is 0 Å². The van der Waals surface area contributed by atoms with Gasteiger partial charge in [-0.3, -0.25) is 14.6 Å². The maximum atomic E-state index is 8.42. The van der Waals surface area contributed by atoms with Gasteiger partial charge in [-0.25, -0.2) is 0 Å². The van der Waals surface area contributed by atoms with Crippen molar-refractivity contribution in [1.29, 1.82) is 0 Å². The molecule has 0 unspecified atom stereocenters. The van der Waals surface area contributed by atoms with Crippen LogP contribution in [-0.4, -0.2) is 14.6 Å². The Morgan fingerprint density at radius 2 is 0.500 bits per heavy atom. The summed E-state index contributed by atoms with van der Waals surface area (Å²) in [5.41, 5.74) is 0. The van der Waals surface area contributed by atoms with Gasteiger partial charge < -0.3 is 30.1 Å². The topological polar surface area (TPSA) is 138 Å². The molecule has 0 aromatic heterocycles. The van der Waals surface area contributed by atoms with Crippen molar-refractivity contribution in [3.05, 3.63) is 0 Å². The van der Waals surface area contributed by atoms with Gasteiger partial charge in [0.15, 0.2) is 0 Å². The van der Waals surface area contributed by atoms with Crippen LogP contribution in [-0.2, 0) is 0 Å². The van der Waals surface area contributed by atoms with Crippen LogP contribution in [0.4, 0.5) is 0 Å². The molecule has 12 heteroatoms. The van der Waals surface area contributed by atoms with Crippen LogP contribution < -0.4 is 86.7 Å². The van der Waals surface area contributed by atoms with Gasteiger partial charge in [0.25, 0.3) is 0 Å². The molecular formula is B2CeLi3O6. The second-order valence-electron chi connectivity index (χ2n) is 0.577. The summed E-state index contributed by atoms with van der Waals surface area (Å²) in [5, 5.41) is 50.5. The molecule has 0 saturated carbocycles. The van der Waals surface area contributed by atoms with E-state index in [1.54, 1.807) is 0 Å². The minimum Gasteiger partial charge on any atom is -0.907 e. The van der Waals surface area contributed by atoms with Crippen LogP contribution >= 0.6 is 0 Å². The average Bonchev–Trinajstić information content (AvgIpc) is 1.25. The van der Waals surface area contributed by atoms with Crippen molar-refractivity contribution >= 4 is 14.6 Å². The van der Waals surface area contributed by atoms with Crippen molar-refractivity contribution in [2.24, 2.45) is 0 Å². The molecule has 0 heterocycles. The fraction of sp³-hybridized carbons (Fsp3) is 0. The zero-order valence-electron chi connectivity index (χ0n) is 7.10. The Morgan fingerprint density at radius 3 is 0.500 bits per heavy atom. The third-order valence-corrected chi connectivity index (χ3v) is 0. The summed E-state index contributed by atoms with van der Waals surface area (Å²) >= 11 is 0. The fourth-order valence-electron chi connectivity index (χ4n) is 0. The van der Waals surface area contributed by atoms with Crippen LogP contribution in [0.25, 0.3) is 0 Å². The second kappa shape index (κ2) is 29.2. The minimum atomic E-state index is -2.92. The monoisotopic (exact) mass is 279 g/mol. The Labute approximate surface area is 141 Å². The maximum absolute atomic E-state index is 8.42. The van der Waals surface area contributed by atoms with Gasteiger partial charge in [-0.1, -0.05) is 0 Å².